The van der Waals surface area contributed by atoms with E-state index in [-0.39, 0.29) is 24.2 Å². The highest BCUT2D eigenvalue weighted by molar-refractivity contribution is 9.10. The fraction of sp³-hybridized carbons (Fsp3) is 0.238. The zero-order valence-electron chi connectivity index (χ0n) is 16.7. The van der Waals surface area contributed by atoms with Gasteiger partial charge in [-0.1, -0.05) is 34.1 Å². The molecule has 0 aromatic heterocycles. The molecule has 0 spiro atoms. The molecule has 1 aliphatic carbocycles. The van der Waals surface area contributed by atoms with Gasteiger partial charge < -0.3 is 9.84 Å². The van der Waals surface area contributed by atoms with Gasteiger partial charge in [0.15, 0.2) is 5.78 Å². The summed E-state index contributed by atoms with van der Waals surface area (Å²) in [5.74, 6) is -4.16. The lowest BCUT2D eigenvalue weighted by atomic mass is 9.73. The summed E-state index contributed by atoms with van der Waals surface area (Å²) < 4.78 is 5.73. The van der Waals surface area contributed by atoms with E-state index in [1.165, 1.54) is 0 Å². The van der Waals surface area contributed by atoms with E-state index in [4.69, 9.17) is 4.74 Å². The number of carbonyl (C=O) groups excluding carboxylic acids is 2. The highest BCUT2D eigenvalue weighted by Crippen LogP contribution is 2.45. The van der Waals surface area contributed by atoms with Crippen molar-refractivity contribution in [3.63, 3.8) is 0 Å². The molecule has 11 heteroatoms. The number of phenols is 1. The van der Waals surface area contributed by atoms with Crippen LogP contribution in [0.15, 0.2) is 46.9 Å². The van der Waals surface area contributed by atoms with E-state index >= 15 is 0 Å². The normalized spacial score (nSPS) is 18.1. The Labute approximate surface area is 189 Å². The molecule has 0 saturated carbocycles. The van der Waals surface area contributed by atoms with Crippen molar-refractivity contribution in [1.29, 1.82) is 0 Å². The number of ketones is 1. The largest absolute Gasteiger partial charge is 0.497 e. The molecule has 166 valence electrons. The Balaban J connectivity index is 2.17. The highest BCUT2D eigenvalue weighted by atomic mass is 79.9. The first-order valence-electron chi connectivity index (χ1n) is 9.47. The number of esters is 1. The molecule has 0 fully saturated rings. The first-order valence-corrected chi connectivity index (χ1v) is 10.3. The number of carbonyl (C=O) groups is 2. The third-order valence-corrected chi connectivity index (χ3v) is 5.87. The van der Waals surface area contributed by atoms with Crippen LogP contribution in [0.1, 0.15) is 30.4 Å². The SMILES string of the molecule is CCOC(=O)C1C(=O)C=C(c2cc([N+](=O)[O-])c(O)c([N+](=O)[O-])c2)CC1c1ccccc1Br. The van der Waals surface area contributed by atoms with E-state index in [1.807, 2.05) is 0 Å². The first-order chi connectivity index (χ1) is 15.1. The molecule has 0 bridgehead atoms. The molecule has 2 unspecified atom stereocenters. The lowest BCUT2D eigenvalue weighted by Gasteiger charge is -2.30. The van der Waals surface area contributed by atoms with Gasteiger partial charge in [-0.05, 0) is 42.2 Å². The van der Waals surface area contributed by atoms with Crippen molar-refractivity contribution in [3.05, 3.63) is 78.3 Å². The third kappa shape index (κ3) is 4.37. The standard InChI is InChI=1S/C21H17BrN2O8/c1-2-32-21(27)19-14(13-5-3-4-6-15(13)22)7-11(10-18(19)25)12-8-16(23(28)29)20(26)17(9-12)24(30)31/h3-6,8-10,14,19,26H,2,7H2,1H3. The van der Waals surface area contributed by atoms with Gasteiger partial charge in [0.05, 0.1) is 16.5 Å². The summed E-state index contributed by atoms with van der Waals surface area (Å²) in [5, 5.41) is 32.5. The van der Waals surface area contributed by atoms with Crippen LogP contribution in [0.2, 0.25) is 0 Å². The summed E-state index contributed by atoms with van der Waals surface area (Å²) in [7, 11) is 0. The van der Waals surface area contributed by atoms with Crippen molar-refractivity contribution in [2.24, 2.45) is 5.92 Å². The van der Waals surface area contributed by atoms with Crippen LogP contribution >= 0.6 is 15.9 Å². The number of hydrogen-bond donors (Lipinski definition) is 1. The van der Waals surface area contributed by atoms with E-state index in [0.29, 0.717) is 10.0 Å². The molecule has 10 nitrogen and oxygen atoms in total. The Morgan fingerprint density at radius 2 is 1.78 bits per heavy atom. The van der Waals surface area contributed by atoms with E-state index < -0.39 is 50.6 Å². The van der Waals surface area contributed by atoms with Crippen molar-refractivity contribution in [1.82, 2.24) is 0 Å². The molecule has 3 rings (SSSR count). The summed E-state index contributed by atoms with van der Waals surface area (Å²) in [6.45, 7) is 1.70. The highest BCUT2D eigenvalue weighted by Gasteiger charge is 2.41. The second kappa shape index (κ2) is 9.27. The predicted octanol–water partition coefficient (Wildman–Crippen LogP) is 4.29. The Bertz CT molecular complexity index is 1130. The number of hydrogen-bond acceptors (Lipinski definition) is 8. The Morgan fingerprint density at radius 1 is 1.19 bits per heavy atom. The van der Waals surface area contributed by atoms with E-state index in [0.717, 1.165) is 18.2 Å². The van der Waals surface area contributed by atoms with E-state index in [2.05, 4.69) is 15.9 Å². The molecule has 0 saturated heterocycles. The van der Waals surface area contributed by atoms with Crippen molar-refractivity contribution in [3.8, 4) is 5.75 Å². The molecule has 1 aliphatic rings. The van der Waals surface area contributed by atoms with Crippen molar-refractivity contribution in [2.75, 3.05) is 6.61 Å². The van der Waals surface area contributed by atoms with Gasteiger partial charge in [0.1, 0.15) is 5.92 Å². The number of rotatable bonds is 6. The summed E-state index contributed by atoms with van der Waals surface area (Å²) >= 11 is 3.42. The van der Waals surface area contributed by atoms with Gasteiger partial charge in [0.2, 0.25) is 0 Å². The molecular formula is C21H17BrN2O8. The molecule has 0 radical (unpaired) electrons. The summed E-state index contributed by atoms with van der Waals surface area (Å²) in [6.07, 6.45) is 1.23. The summed E-state index contributed by atoms with van der Waals surface area (Å²) in [5.41, 5.74) is -0.760. The molecule has 32 heavy (non-hydrogen) atoms. The van der Waals surface area contributed by atoms with E-state index in [9.17, 15) is 34.9 Å². The molecule has 0 amide bonds. The maximum absolute atomic E-state index is 13.0. The minimum absolute atomic E-state index is 0.0360. The molecule has 2 aromatic rings. The van der Waals surface area contributed by atoms with Gasteiger partial charge in [-0.3, -0.25) is 29.8 Å². The number of nitro benzene ring substituents is 2. The molecule has 0 heterocycles. The van der Waals surface area contributed by atoms with Crippen molar-refractivity contribution < 1.29 is 29.3 Å². The van der Waals surface area contributed by atoms with Crippen LogP contribution in [0.4, 0.5) is 11.4 Å². The molecule has 0 aliphatic heterocycles. The Morgan fingerprint density at radius 3 is 2.31 bits per heavy atom. The van der Waals surface area contributed by atoms with Gasteiger partial charge >= 0.3 is 17.3 Å². The number of benzene rings is 2. The van der Waals surface area contributed by atoms with Crippen LogP contribution in [0.25, 0.3) is 5.57 Å². The minimum atomic E-state index is -1.14. The van der Waals surface area contributed by atoms with Gasteiger partial charge in [-0.15, -0.1) is 0 Å². The number of ether oxygens (including phenoxy) is 1. The summed E-state index contributed by atoms with van der Waals surface area (Å²) in [6, 6.07) is 8.93. The average molecular weight is 505 g/mol. The third-order valence-electron chi connectivity index (χ3n) is 5.14. The summed E-state index contributed by atoms with van der Waals surface area (Å²) in [4.78, 5) is 46.3. The van der Waals surface area contributed by atoms with E-state index in [1.54, 1.807) is 31.2 Å². The predicted molar refractivity (Wildman–Crippen MR) is 116 cm³/mol. The van der Waals surface area contributed by atoms with Crippen molar-refractivity contribution in [2.45, 2.75) is 19.3 Å². The van der Waals surface area contributed by atoms with Crippen LogP contribution in [0, 0.1) is 26.1 Å². The zero-order valence-corrected chi connectivity index (χ0v) is 18.3. The second-order valence-electron chi connectivity index (χ2n) is 7.01. The second-order valence-corrected chi connectivity index (χ2v) is 7.87. The van der Waals surface area contributed by atoms with Gasteiger partial charge in [-0.25, -0.2) is 0 Å². The Kier molecular flexibility index (Phi) is 6.68. The van der Waals surface area contributed by atoms with Gasteiger partial charge in [0, 0.05) is 22.5 Å². The lowest BCUT2D eigenvalue weighted by Crippen LogP contribution is -2.34. The van der Waals surface area contributed by atoms with Crippen LogP contribution in [-0.4, -0.2) is 33.3 Å². The Hall–Kier alpha value is -3.60. The fourth-order valence-electron chi connectivity index (χ4n) is 3.72. The average Bonchev–Trinajstić information content (AvgIpc) is 2.73. The number of phenolic OH excluding ortho intramolecular Hbond substituents is 1. The maximum Gasteiger partial charge on any atom is 0.318 e. The smallest absolute Gasteiger partial charge is 0.318 e. The molecule has 2 aromatic carbocycles. The fourth-order valence-corrected chi connectivity index (χ4v) is 4.30. The molecule has 2 atom stereocenters. The lowest BCUT2D eigenvalue weighted by molar-refractivity contribution is -0.396. The number of aromatic hydroxyl groups is 1. The monoisotopic (exact) mass is 504 g/mol. The van der Waals surface area contributed by atoms with Crippen LogP contribution in [0.3, 0.4) is 0 Å². The number of allylic oxidation sites excluding steroid dienone is 2. The van der Waals surface area contributed by atoms with Crippen LogP contribution < -0.4 is 0 Å². The number of nitro groups is 2. The quantitative estimate of drug-likeness (QED) is 0.264. The number of nitrogens with zero attached hydrogens (tertiary/aromatic N) is 2. The van der Waals surface area contributed by atoms with Crippen LogP contribution in [0.5, 0.6) is 5.75 Å². The van der Waals surface area contributed by atoms with Crippen LogP contribution in [-0.2, 0) is 14.3 Å². The number of halogens is 1. The maximum atomic E-state index is 13.0. The van der Waals surface area contributed by atoms with Gasteiger partial charge in [-0.2, -0.15) is 0 Å². The molecule has 1 N–H and O–H groups in total. The first kappa shape index (κ1) is 23.1. The molecular weight excluding hydrogens is 488 g/mol. The topological polar surface area (TPSA) is 150 Å². The zero-order chi connectivity index (χ0) is 23.6. The minimum Gasteiger partial charge on any atom is -0.497 e. The van der Waals surface area contributed by atoms with Crippen molar-refractivity contribution >= 4 is 44.6 Å². The van der Waals surface area contributed by atoms with Gasteiger partial charge in [0.25, 0.3) is 5.75 Å².